The third kappa shape index (κ3) is 3.95. The molecule has 2 aromatic carbocycles. The van der Waals surface area contributed by atoms with Crippen LogP contribution in [-0.2, 0) is 13.1 Å². The van der Waals surface area contributed by atoms with E-state index in [-0.39, 0.29) is 12.2 Å². The smallest absolute Gasteiger partial charge is 0.337 e. The van der Waals surface area contributed by atoms with E-state index < -0.39 is 17.1 Å². The number of aromatic nitrogens is 4. The maximum absolute atomic E-state index is 13.5. The zero-order valence-corrected chi connectivity index (χ0v) is 18.3. The fourth-order valence-electron chi connectivity index (χ4n) is 3.72. The second kappa shape index (κ2) is 8.82. The second-order valence-electron chi connectivity index (χ2n) is 8.09. The van der Waals surface area contributed by atoms with E-state index in [1.54, 1.807) is 18.0 Å². The van der Waals surface area contributed by atoms with Crippen LogP contribution >= 0.6 is 0 Å². The van der Waals surface area contributed by atoms with Crippen LogP contribution in [0.25, 0.3) is 16.9 Å². The molecule has 0 aliphatic heterocycles. The summed E-state index contributed by atoms with van der Waals surface area (Å²) in [6, 6.07) is 13.1. The Kier molecular flexibility index (Phi) is 5.94. The van der Waals surface area contributed by atoms with E-state index in [1.165, 1.54) is 33.4 Å². The Balaban J connectivity index is 1.96. The Hall–Kier alpha value is -3.68. The first-order valence-corrected chi connectivity index (χ1v) is 10.5. The van der Waals surface area contributed by atoms with Crippen molar-refractivity contribution in [3.8, 4) is 11.4 Å². The quantitative estimate of drug-likeness (QED) is 0.444. The van der Waals surface area contributed by atoms with Crippen LogP contribution in [0.5, 0.6) is 5.75 Å². The maximum atomic E-state index is 13.5. The Bertz CT molecular complexity index is 1370. The number of methoxy groups -OCH3 is 1. The Morgan fingerprint density at radius 3 is 2.47 bits per heavy atom. The molecule has 0 unspecified atom stereocenters. The zero-order valence-electron chi connectivity index (χ0n) is 18.3. The number of halogens is 1. The molecule has 32 heavy (non-hydrogen) atoms. The molecule has 166 valence electrons. The zero-order chi connectivity index (χ0) is 22.8. The molecule has 0 amide bonds. The van der Waals surface area contributed by atoms with Crippen molar-refractivity contribution in [1.82, 2.24) is 18.7 Å². The molecule has 0 aliphatic carbocycles. The summed E-state index contributed by atoms with van der Waals surface area (Å²) >= 11 is 0. The summed E-state index contributed by atoms with van der Waals surface area (Å²) in [4.78, 5) is 31.2. The molecule has 8 heteroatoms. The van der Waals surface area contributed by atoms with E-state index in [9.17, 15) is 14.0 Å². The number of para-hydroxylation sites is 1. The van der Waals surface area contributed by atoms with Gasteiger partial charge in [0, 0.05) is 12.1 Å². The van der Waals surface area contributed by atoms with E-state index in [0.717, 1.165) is 5.56 Å². The van der Waals surface area contributed by atoms with Crippen molar-refractivity contribution in [3.05, 3.63) is 87.1 Å². The molecule has 4 aromatic rings. The molecule has 0 spiro atoms. The van der Waals surface area contributed by atoms with Gasteiger partial charge in [-0.2, -0.15) is 0 Å². The minimum atomic E-state index is -0.489. The molecule has 2 heterocycles. The fraction of sp³-hybridized carbons (Fsp3) is 0.292. The van der Waals surface area contributed by atoms with Crippen LogP contribution in [0, 0.1) is 11.7 Å². The molecule has 0 atom stereocenters. The molecule has 0 radical (unpaired) electrons. The number of benzene rings is 2. The van der Waals surface area contributed by atoms with Crippen LogP contribution in [0.2, 0.25) is 0 Å². The lowest BCUT2D eigenvalue weighted by atomic mass is 10.1. The number of nitrogens with zero attached hydrogens (tertiary/aromatic N) is 4. The maximum Gasteiger partial charge on any atom is 0.337 e. The van der Waals surface area contributed by atoms with E-state index in [2.05, 4.69) is 4.98 Å². The molecular formula is C24H25FN4O3. The number of imidazole rings is 1. The first kappa shape index (κ1) is 21.5. The van der Waals surface area contributed by atoms with Gasteiger partial charge in [-0.1, -0.05) is 32.0 Å². The number of hydrogen-bond donors (Lipinski definition) is 0. The number of hydrogen-bond acceptors (Lipinski definition) is 4. The van der Waals surface area contributed by atoms with E-state index in [1.807, 2.05) is 38.1 Å². The van der Waals surface area contributed by atoms with Crippen molar-refractivity contribution in [2.75, 3.05) is 7.11 Å². The number of ether oxygens (including phenoxy) is 1. The summed E-state index contributed by atoms with van der Waals surface area (Å²) in [6.07, 6.45) is 2.22. The van der Waals surface area contributed by atoms with Crippen LogP contribution in [-0.4, -0.2) is 25.8 Å². The Morgan fingerprint density at radius 2 is 1.78 bits per heavy atom. The summed E-state index contributed by atoms with van der Waals surface area (Å²) in [5.41, 5.74) is 0.990. The van der Waals surface area contributed by atoms with Crippen molar-refractivity contribution in [2.24, 2.45) is 5.92 Å². The summed E-state index contributed by atoms with van der Waals surface area (Å²) in [7, 11) is 1.59. The predicted molar refractivity (Wildman–Crippen MR) is 121 cm³/mol. The third-order valence-corrected chi connectivity index (χ3v) is 5.45. The van der Waals surface area contributed by atoms with Gasteiger partial charge in [0.15, 0.2) is 11.2 Å². The lowest BCUT2D eigenvalue weighted by molar-refractivity contribution is 0.408. The minimum Gasteiger partial charge on any atom is -0.496 e. The lowest BCUT2D eigenvalue weighted by Gasteiger charge is -2.14. The predicted octanol–water partition coefficient (Wildman–Crippen LogP) is 3.59. The molecule has 0 fully saturated rings. The highest BCUT2D eigenvalue weighted by atomic mass is 19.1. The van der Waals surface area contributed by atoms with Crippen LogP contribution in [0.3, 0.4) is 0 Å². The largest absolute Gasteiger partial charge is 0.496 e. The number of fused-ring (bicyclic) bond motifs is 1. The molecule has 0 saturated heterocycles. The first-order chi connectivity index (χ1) is 15.4. The summed E-state index contributed by atoms with van der Waals surface area (Å²) < 4.78 is 23.3. The standard InChI is InChI=1S/C24H25FN4O3/c1-16(2)12-13-28-23(30)21-22(29(24(28)31)19-10-8-18(25)9-11-19)26-15-27(21)14-17-6-4-5-7-20(17)32-3/h4-11,15-16H,12-14H2,1-3H3. The van der Waals surface area contributed by atoms with Gasteiger partial charge in [-0.3, -0.25) is 9.36 Å². The molecule has 0 saturated carbocycles. The van der Waals surface area contributed by atoms with E-state index >= 15 is 0 Å². The van der Waals surface area contributed by atoms with Crippen LogP contribution in [0.15, 0.2) is 64.4 Å². The third-order valence-electron chi connectivity index (χ3n) is 5.45. The van der Waals surface area contributed by atoms with Crippen LogP contribution < -0.4 is 16.0 Å². The summed E-state index contributed by atoms with van der Waals surface area (Å²) in [5.74, 6) is 0.601. The van der Waals surface area contributed by atoms with Gasteiger partial charge in [-0.05, 0) is 42.7 Å². The average molecular weight is 436 g/mol. The van der Waals surface area contributed by atoms with Crippen molar-refractivity contribution in [1.29, 1.82) is 0 Å². The molecular weight excluding hydrogens is 411 g/mol. The van der Waals surface area contributed by atoms with Crippen LogP contribution in [0.1, 0.15) is 25.8 Å². The van der Waals surface area contributed by atoms with Crippen molar-refractivity contribution >= 4 is 11.2 Å². The van der Waals surface area contributed by atoms with Gasteiger partial charge in [0.25, 0.3) is 5.56 Å². The monoisotopic (exact) mass is 436 g/mol. The first-order valence-electron chi connectivity index (χ1n) is 10.5. The van der Waals surface area contributed by atoms with Crippen molar-refractivity contribution in [3.63, 3.8) is 0 Å². The molecule has 7 nitrogen and oxygen atoms in total. The second-order valence-corrected chi connectivity index (χ2v) is 8.09. The van der Waals surface area contributed by atoms with E-state index in [0.29, 0.717) is 35.8 Å². The van der Waals surface area contributed by atoms with Gasteiger partial charge >= 0.3 is 5.69 Å². The number of rotatable bonds is 7. The van der Waals surface area contributed by atoms with Gasteiger partial charge in [-0.15, -0.1) is 0 Å². The summed E-state index contributed by atoms with van der Waals surface area (Å²) in [5, 5.41) is 0. The van der Waals surface area contributed by atoms with Gasteiger partial charge in [-0.25, -0.2) is 18.7 Å². The van der Waals surface area contributed by atoms with Gasteiger partial charge < -0.3 is 9.30 Å². The lowest BCUT2D eigenvalue weighted by Crippen LogP contribution is -2.40. The van der Waals surface area contributed by atoms with Gasteiger partial charge in [0.1, 0.15) is 11.6 Å². The SMILES string of the molecule is COc1ccccc1Cn1cnc2c1c(=O)n(CCC(C)C)c(=O)n2-c1ccc(F)cc1. The molecule has 4 rings (SSSR count). The van der Waals surface area contributed by atoms with Crippen molar-refractivity contribution < 1.29 is 9.13 Å². The molecule has 0 aliphatic rings. The van der Waals surface area contributed by atoms with Crippen LogP contribution in [0.4, 0.5) is 4.39 Å². The Labute approximate surface area is 184 Å². The van der Waals surface area contributed by atoms with Gasteiger partial charge in [0.05, 0.1) is 25.7 Å². The highest BCUT2D eigenvalue weighted by Gasteiger charge is 2.20. The normalized spacial score (nSPS) is 11.4. The highest BCUT2D eigenvalue weighted by Crippen LogP contribution is 2.21. The fourth-order valence-corrected chi connectivity index (χ4v) is 3.72. The topological polar surface area (TPSA) is 71.1 Å². The van der Waals surface area contributed by atoms with E-state index in [4.69, 9.17) is 4.74 Å². The Morgan fingerprint density at radius 1 is 1.06 bits per heavy atom. The highest BCUT2D eigenvalue weighted by molar-refractivity contribution is 5.72. The summed E-state index contributed by atoms with van der Waals surface area (Å²) in [6.45, 7) is 4.70. The molecule has 2 aromatic heterocycles. The molecule has 0 bridgehead atoms. The van der Waals surface area contributed by atoms with Gasteiger partial charge in [0.2, 0.25) is 0 Å². The minimum absolute atomic E-state index is 0.238. The van der Waals surface area contributed by atoms with Crippen molar-refractivity contribution in [2.45, 2.75) is 33.4 Å². The average Bonchev–Trinajstić information content (AvgIpc) is 3.18. The molecule has 0 N–H and O–H groups in total.